The van der Waals surface area contributed by atoms with Crippen molar-refractivity contribution in [1.29, 1.82) is 0 Å². The molecule has 2 aromatic rings. The number of hydrogen-bond acceptors (Lipinski definition) is 4. The summed E-state index contributed by atoms with van der Waals surface area (Å²) in [6, 6.07) is 12.5. The van der Waals surface area contributed by atoms with Gasteiger partial charge in [-0.05, 0) is 30.2 Å². The molecule has 0 amide bonds. The highest BCUT2D eigenvalue weighted by Crippen LogP contribution is 2.32. The summed E-state index contributed by atoms with van der Waals surface area (Å²) in [5, 5.41) is 6.50. The Bertz CT molecular complexity index is 798. The number of rotatable bonds is 7. The van der Waals surface area contributed by atoms with Crippen LogP contribution in [0.4, 0.5) is 10.1 Å². The first-order chi connectivity index (χ1) is 13.8. The largest absolute Gasteiger partial charge is 0.490 e. The molecule has 1 aliphatic heterocycles. The monoisotopic (exact) mass is 387 g/mol. The van der Waals surface area contributed by atoms with Crippen LogP contribution in [0, 0.1) is 5.82 Å². The van der Waals surface area contributed by atoms with Gasteiger partial charge in [-0.3, -0.25) is 4.99 Å². The van der Waals surface area contributed by atoms with Crippen LogP contribution >= 0.6 is 0 Å². The molecule has 28 heavy (non-hydrogen) atoms. The Labute approximate surface area is 164 Å². The maximum Gasteiger partial charge on any atom is 0.195 e. The van der Waals surface area contributed by atoms with Gasteiger partial charge in [0.25, 0.3) is 0 Å². The highest BCUT2D eigenvalue weighted by molar-refractivity contribution is 5.94. The van der Waals surface area contributed by atoms with Crippen molar-refractivity contribution in [3.63, 3.8) is 0 Å². The second kappa shape index (κ2) is 10.5. The fraction of sp³-hybridized carbons (Fsp3) is 0.381. The molecule has 0 aliphatic carbocycles. The fourth-order valence-corrected chi connectivity index (χ4v) is 2.78. The van der Waals surface area contributed by atoms with E-state index in [1.807, 2.05) is 24.3 Å². The molecule has 0 aromatic heterocycles. The predicted octanol–water partition coefficient (Wildman–Crippen LogP) is 3.23. The summed E-state index contributed by atoms with van der Waals surface area (Å²) in [5.74, 6) is 1.86. The minimum Gasteiger partial charge on any atom is -0.490 e. The molecule has 3 rings (SSSR count). The zero-order valence-electron chi connectivity index (χ0n) is 16.0. The summed E-state index contributed by atoms with van der Waals surface area (Å²) in [6.45, 7) is 2.86. The molecular formula is C21H26FN3O3. The van der Waals surface area contributed by atoms with Crippen LogP contribution in [0.1, 0.15) is 12.0 Å². The van der Waals surface area contributed by atoms with Gasteiger partial charge in [0.2, 0.25) is 0 Å². The average molecular weight is 387 g/mol. The maximum atomic E-state index is 13.8. The van der Waals surface area contributed by atoms with Gasteiger partial charge in [0.05, 0.1) is 26.4 Å². The normalized spacial score (nSPS) is 13.7. The Hall–Kier alpha value is -2.80. The van der Waals surface area contributed by atoms with E-state index in [0.717, 1.165) is 17.9 Å². The first kappa shape index (κ1) is 19.9. The van der Waals surface area contributed by atoms with Crippen molar-refractivity contribution >= 4 is 11.6 Å². The molecule has 0 spiro atoms. The number of aliphatic imine (C=N–C) groups is 1. The van der Waals surface area contributed by atoms with E-state index >= 15 is 0 Å². The number of methoxy groups -OCH3 is 1. The molecule has 0 unspecified atom stereocenters. The van der Waals surface area contributed by atoms with Gasteiger partial charge < -0.3 is 24.8 Å². The first-order valence-corrected chi connectivity index (χ1v) is 9.43. The molecule has 150 valence electrons. The van der Waals surface area contributed by atoms with Crippen molar-refractivity contribution in [3.8, 4) is 11.5 Å². The molecule has 2 N–H and O–H groups in total. The van der Waals surface area contributed by atoms with Crippen LogP contribution in [-0.2, 0) is 11.2 Å². The lowest BCUT2D eigenvalue weighted by atomic mass is 10.1. The smallest absolute Gasteiger partial charge is 0.195 e. The van der Waals surface area contributed by atoms with Gasteiger partial charge in [-0.1, -0.05) is 18.2 Å². The predicted molar refractivity (Wildman–Crippen MR) is 108 cm³/mol. The Morgan fingerprint density at radius 1 is 1.14 bits per heavy atom. The average Bonchev–Trinajstić information content (AvgIpc) is 2.94. The van der Waals surface area contributed by atoms with Gasteiger partial charge in [-0.25, -0.2) is 4.39 Å². The molecule has 2 aromatic carbocycles. The van der Waals surface area contributed by atoms with Crippen molar-refractivity contribution in [3.05, 3.63) is 53.8 Å². The Balaban J connectivity index is 1.63. The van der Waals surface area contributed by atoms with E-state index in [1.165, 1.54) is 6.07 Å². The highest BCUT2D eigenvalue weighted by atomic mass is 19.1. The summed E-state index contributed by atoms with van der Waals surface area (Å²) in [7, 11) is 1.64. The van der Waals surface area contributed by atoms with E-state index in [-0.39, 0.29) is 5.82 Å². The van der Waals surface area contributed by atoms with Crippen LogP contribution in [0.3, 0.4) is 0 Å². The third-order valence-corrected chi connectivity index (χ3v) is 4.22. The summed E-state index contributed by atoms with van der Waals surface area (Å²) >= 11 is 0. The maximum absolute atomic E-state index is 13.8. The van der Waals surface area contributed by atoms with Gasteiger partial charge >= 0.3 is 0 Å². The Morgan fingerprint density at radius 2 is 1.96 bits per heavy atom. The molecule has 6 nitrogen and oxygen atoms in total. The van der Waals surface area contributed by atoms with Gasteiger partial charge in [0.1, 0.15) is 5.82 Å². The Kier molecular flexibility index (Phi) is 7.49. The number of halogens is 1. The molecule has 0 radical (unpaired) electrons. The van der Waals surface area contributed by atoms with Crippen LogP contribution < -0.4 is 20.1 Å². The molecule has 0 bridgehead atoms. The Morgan fingerprint density at radius 3 is 2.79 bits per heavy atom. The van der Waals surface area contributed by atoms with E-state index in [2.05, 4.69) is 15.6 Å². The number of ether oxygens (including phenoxy) is 3. The van der Waals surface area contributed by atoms with Crippen molar-refractivity contribution < 1.29 is 18.6 Å². The van der Waals surface area contributed by atoms with Gasteiger partial charge in [-0.15, -0.1) is 0 Å². The van der Waals surface area contributed by atoms with Crippen LogP contribution in [-0.4, -0.2) is 46.0 Å². The highest BCUT2D eigenvalue weighted by Gasteiger charge is 2.11. The SMILES string of the molecule is COCCN=C(NCCc1ccccc1F)Nc1ccc2c(c1)OCCCO2. The molecule has 1 heterocycles. The molecule has 0 atom stereocenters. The second-order valence-corrected chi connectivity index (χ2v) is 6.33. The third-order valence-electron chi connectivity index (χ3n) is 4.22. The topological polar surface area (TPSA) is 64.1 Å². The van der Waals surface area contributed by atoms with E-state index in [1.54, 1.807) is 19.2 Å². The summed E-state index contributed by atoms with van der Waals surface area (Å²) < 4.78 is 30.3. The zero-order valence-corrected chi connectivity index (χ0v) is 16.0. The van der Waals surface area contributed by atoms with Crippen molar-refractivity contribution in [2.24, 2.45) is 4.99 Å². The number of fused-ring (bicyclic) bond motifs is 1. The van der Waals surface area contributed by atoms with E-state index in [9.17, 15) is 4.39 Å². The quantitative estimate of drug-likeness (QED) is 0.434. The second-order valence-electron chi connectivity index (χ2n) is 6.33. The molecule has 0 fully saturated rings. The molecular weight excluding hydrogens is 361 g/mol. The van der Waals surface area contributed by atoms with Crippen molar-refractivity contribution in [2.75, 3.05) is 45.3 Å². The van der Waals surface area contributed by atoms with Crippen LogP contribution in [0.5, 0.6) is 11.5 Å². The van der Waals surface area contributed by atoms with Gasteiger partial charge in [-0.2, -0.15) is 0 Å². The van der Waals surface area contributed by atoms with Crippen LogP contribution in [0.15, 0.2) is 47.5 Å². The molecule has 0 saturated heterocycles. The number of nitrogens with zero attached hydrogens (tertiary/aromatic N) is 1. The summed E-state index contributed by atoms with van der Waals surface area (Å²) in [6.07, 6.45) is 1.41. The van der Waals surface area contributed by atoms with E-state index in [4.69, 9.17) is 14.2 Å². The van der Waals surface area contributed by atoms with Crippen LogP contribution in [0.2, 0.25) is 0 Å². The van der Waals surface area contributed by atoms with E-state index < -0.39 is 0 Å². The zero-order chi connectivity index (χ0) is 19.6. The first-order valence-electron chi connectivity index (χ1n) is 9.43. The molecule has 7 heteroatoms. The van der Waals surface area contributed by atoms with E-state index in [0.29, 0.717) is 56.6 Å². The lowest BCUT2D eigenvalue weighted by Gasteiger charge is -2.15. The number of anilines is 1. The minimum absolute atomic E-state index is 0.196. The summed E-state index contributed by atoms with van der Waals surface area (Å²) in [5.41, 5.74) is 1.50. The number of nitrogens with one attached hydrogen (secondary N) is 2. The third kappa shape index (κ3) is 5.85. The molecule has 1 aliphatic rings. The summed E-state index contributed by atoms with van der Waals surface area (Å²) in [4.78, 5) is 4.50. The fourth-order valence-electron chi connectivity index (χ4n) is 2.78. The van der Waals surface area contributed by atoms with Gasteiger partial charge in [0.15, 0.2) is 17.5 Å². The lowest BCUT2D eigenvalue weighted by Crippen LogP contribution is -2.33. The standard InChI is InChI=1S/C21H26FN3O3/c1-26-14-11-24-21(23-10-9-16-5-2-3-6-18(16)22)25-17-7-8-19-20(15-17)28-13-4-12-27-19/h2-3,5-8,15H,4,9-14H2,1H3,(H2,23,24,25). The molecule has 0 saturated carbocycles. The number of benzene rings is 2. The lowest BCUT2D eigenvalue weighted by molar-refractivity contribution is 0.208. The van der Waals surface area contributed by atoms with Crippen molar-refractivity contribution in [2.45, 2.75) is 12.8 Å². The van der Waals surface area contributed by atoms with Gasteiger partial charge in [0, 0.05) is 31.8 Å². The number of guanidine groups is 1. The van der Waals surface area contributed by atoms with Crippen LogP contribution in [0.25, 0.3) is 0 Å². The minimum atomic E-state index is -0.196. The number of hydrogen-bond donors (Lipinski definition) is 2. The van der Waals surface area contributed by atoms with Crippen molar-refractivity contribution in [1.82, 2.24) is 5.32 Å².